The highest BCUT2D eigenvalue weighted by Gasteiger charge is 2.32. The molecular formula is C15H8ClF3N4O5. The number of carbonyl (C=O) groups is 1. The summed E-state index contributed by atoms with van der Waals surface area (Å²) in [6.45, 7) is 0. The number of halogens is 4. The van der Waals surface area contributed by atoms with Crippen LogP contribution in [0.5, 0.6) is 5.75 Å². The van der Waals surface area contributed by atoms with Gasteiger partial charge in [-0.15, -0.1) is 0 Å². The van der Waals surface area contributed by atoms with E-state index in [9.17, 15) is 28.1 Å². The molecule has 0 amide bonds. The molecule has 0 bridgehead atoms. The number of pyridine rings is 1. The summed E-state index contributed by atoms with van der Waals surface area (Å²) in [4.78, 5) is 25.4. The maximum Gasteiger partial charge on any atom is 0.513 e. The average Bonchev–Trinajstić information content (AvgIpc) is 3.02. The van der Waals surface area contributed by atoms with Crippen LogP contribution in [0.1, 0.15) is 5.56 Å². The number of nitro groups is 1. The van der Waals surface area contributed by atoms with Crippen LogP contribution in [0.15, 0.2) is 30.6 Å². The largest absolute Gasteiger partial charge is 0.513 e. The Labute approximate surface area is 158 Å². The second-order valence-corrected chi connectivity index (χ2v) is 5.68. The number of aromatic nitrogens is 3. The third-order valence-corrected chi connectivity index (χ3v) is 3.83. The Kier molecular flexibility index (Phi) is 4.81. The Hall–Kier alpha value is -3.41. The molecule has 28 heavy (non-hydrogen) atoms. The SMILES string of the molecule is COC(=O)Oc1cc2c(cnn2-c2ncc(C(F)(F)F)cc2Cl)cc1[N+](=O)[O-]. The summed E-state index contributed by atoms with van der Waals surface area (Å²) < 4.78 is 48.5. The van der Waals surface area contributed by atoms with Gasteiger partial charge in [0.1, 0.15) is 0 Å². The van der Waals surface area contributed by atoms with Gasteiger partial charge in [0, 0.05) is 23.7 Å². The van der Waals surface area contributed by atoms with E-state index >= 15 is 0 Å². The molecule has 0 saturated carbocycles. The molecule has 2 heterocycles. The number of benzene rings is 1. The van der Waals surface area contributed by atoms with Gasteiger partial charge in [0.2, 0.25) is 5.75 Å². The normalized spacial score (nSPS) is 11.5. The lowest BCUT2D eigenvalue weighted by molar-refractivity contribution is -0.385. The second kappa shape index (κ2) is 6.96. The van der Waals surface area contributed by atoms with Crippen molar-refractivity contribution in [3.05, 3.63) is 51.3 Å². The fourth-order valence-electron chi connectivity index (χ4n) is 2.31. The first-order valence-corrected chi connectivity index (χ1v) is 7.64. The van der Waals surface area contributed by atoms with Crippen molar-refractivity contribution in [1.82, 2.24) is 14.8 Å². The zero-order valence-corrected chi connectivity index (χ0v) is 14.5. The molecule has 1 aromatic carbocycles. The first kappa shape index (κ1) is 19.4. The molecule has 0 unspecified atom stereocenters. The minimum Gasteiger partial charge on any atom is -0.437 e. The highest BCUT2D eigenvalue weighted by molar-refractivity contribution is 6.32. The number of nitro benzene ring substituents is 1. The van der Waals surface area contributed by atoms with Crippen molar-refractivity contribution in [2.24, 2.45) is 0 Å². The smallest absolute Gasteiger partial charge is 0.437 e. The molecular weight excluding hydrogens is 409 g/mol. The van der Waals surface area contributed by atoms with Crippen LogP contribution in [0, 0.1) is 10.1 Å². The van der Waals surface area contributed by atoms with E-state index in [1.54, 1.807) is 0 Å². The Balaban J connectivity index is 2.17. The van der Waals surface area contributed by atoms with Gasteiger partial charge in [0.25, 0.3) is 0 Å². The molecule has 2 aromatic heterocycles. The lowest BCUT2D eigenvalue weighted by Crippen LogP contribution is -2.10. The standard InChI is InChI=1S/C15H8ClF3N4O5/c1-27-14(24)28-12-4-10-7(2-11(12)23(25)26)5-21-22(10)13-9(16)3-8(6-20-13)15(17,18)19/h2-6H,1H3. The summed E-state index contributed by atoms with van der Waals surface area (Å²) in [7, 11) is 1.02. The molecule has 3 aromatic rings. The molecule has 0 aliphatic heterocycles. The Morgan fingerprint density at radius 3 is 2.57 bits per heavy atom. The third-order valence-electron chi connectivity index (χ3n) is 3.56. The number of nitrogens with zero attached hydrogens (tertiary/aromatic N) is 4. The van der Waals surface area contributed by atoms with Crippen LogP contribution in [0.25, 0.3) is 16.7 Å². The van der Waals surface area contributed by atoms with Crippen molar-refractivity contribution in [1.29, 1.82) is 0 Å². The minimum absolute atomic E-state index is 0.150. The molecule has 0 radical (unpaired) electrons. The van der Waals surface area contributed by atoms with E-state index < -0.39 is 34.3 Å². The van der Waals surface area contributed by atoms with Crippen molar-refractivity contribution in [2.45, 2.75) is 6.18 Å². The Morgan fingerprint density at radius 1 is 1.29 bits per heavy atom. The van der Waals surface area contributed by atoms with Gasteiger partial charge in [-0.1, -0.05) is 11.6 Å². The van der Waals surface area contributed by atoms with Crippen molar-refractivity contribution in [3.8, 4) is 11.6 Å². The van der Waals surface area contributed by atoms with E-state index in [0.29, 0.717) is 12.3 Å². The van der Waals surface area contributed by atoms with Crippen molar-refractivity contribution < 1.29 is 32.4 Å². The third kappa shape index (κ3) is 3.53. The number of alkyl halides is 3. The minimum atomic E-state index is -4.64. The van der Waals surface area contributed by atoms with Crippen LogP contribution in [0.4, 0.5) is 23.7 Å². The topological polar surface area (TPSA) is 109 Å². The number of hydrogen-bond donors (Lipinski definition) is 0. The van der Waals surface area contributed by atoms with Crippen molar-refractivity contribution in [2.75, 3.05) is 7.11 Å². The molecule has 0 aliphatic rings. The Bertz CT molecular complexity index is 1100. The summed E-state index contributed by atoms with van der Waals surface area (Å²) >= 11 is 5.92. The molecule has 0 spiro atoms. The van der Waals surface area contributed by atoms with Gasteiger partial charge in [-0.25, -0.2) is 14.5 Å². The summed E-state index contributed by atoms with van der Waals surface area (Å²) in [5.74, 6) is -0.600. The summed E-state index contributed by atoms with van der Waals surface area (Å²) in [6, 6.07) is 2.86. The molecule has 9 nitrogen and oxygen atoms in total. The monoisotopic (exact) mass is 416 g/mol. The molecule has 0 fully saturated rings. The van der Waals surface area contributed by atoms with E-state index in [0.717, 1.165) is 23.9 Å². The molecule has 0 atom stereocenters. The first-order chi connectivity index (χ1) is 13.1. The van der Waals surface area contributed by atoms with Crippen LogP contribution in [0.3, 0.4) is 0 Å². The quantitative estimate of drug-likeness (QED) is 0.273. The van der Waals surface area contributed by atoms with Gasteiger partial charge in [0.15, 0.2) is 5.82 Å². The van der Waals surface area contributed by atoms with Crippen LogP contribution in [-0.2, 0) is 10.9 Å². The van der Waals surface area contributed by atoms with Crippen LogP contribution in [0.2, 0.25) is 5.02 Å². The molecule has 0 saturated heterocycles. The number of fused-ring (bicyclic) bond motifs is 1. The number of ether oxygens (including phenoxy) is 2. The highest BCUT2D eigenvalue weighted by atomic mass is 35.5. The number of methoxy groups -OCH3 is 1. The summed E-state index contributed by atoms with van der Waals surface area (Å²) in [6.07, 6.45) is -4.03. The zero-order chi connectivity index (χ0) is 20.6. The first-order valence-electron chi connectivity index (χ1n) is 7.27. The van der Waals surface area contributed by atoms with E-state index in [4.69, 9.17) is 16.3 Å². The van der Waals surface area contributed by atoms with E-state index in [-0.39, 0.29) is 21.7 Å². The Morgan fingerprint density at radius 2 is 2.00 bits per heavy atom. The molecule has 13 heteroatoms. The van der Waals surface area contributed by atoms with Gasteiger partial charge in [-0.2, -0.15) is 18.3 Å². The van der Waals surface area contributed by atoms with Gasteiger partial charge in [0.05, 0.1) is 34.3 Å². The predicted octanol–water partition coefficient (Wildman–Crippen LogP) is 4.15. The fourth-order valence-corrected chi connectivity index (χ4v) is 2.56. The van der Waals surface area contributed by atoms with E-state index in [1.807, 2.05) is 0 Å². The van der Waals surface area contributed by atoms with Crippen LogP contribution >= 0.6 is 11.6 Å². The highest BCUT2D eigenvalue weighted by Crippen LogP contribution is 2.35. The molecule has 0 N–H and O–H groups in total. The van der Waals surface area contributed by atoms with Crippen LogP contribution < -0.4 is 4.74 Å². The average molecular weight is 417 g/mol. The number of carbonyl (C=O) groups excluding carboxylic acids is 1. The number of hydrogen-bond acceptors (Lipinski definition) is 7. The van der Waals surface area contributed by atoms with Gasteiger partial charge < -0.3 is 9.47 Å². The lowest BCUT2D eigenvalue weighted by Gasteiger charge is -2.10. The predicted molar refractivity (Wildman–Crippen MR) is 88.6 cm³/mol. The summed E-state index contributed by atoms with van der Waals surface area (Å²) in [5.41, 5.74) is -1.44. The fraction of sp³-hybridized carbons (Fsp3) is 0.133. The molecule has 146 valence electrons. The lowest BCUT2D eigenvalue weighted by atomic mass is 10.2. The van der Waals surface area contributed by atoms with Gasteiger partial charge in [-0.3, -0.25) is 10.1 Å². The van der Waals surface area contributed by atoms with Crippen molar-refractivity contribution >= 4 is 34.3 Å². The van der Waals surface area contributed by atoms with Crippen molar-refractivity contribution in [3.63, 3.8) is 0 Å². The van der Waals surface area contributed by atoms with E-state index in [2.05, 4.69) is 14.8 Å². The maximum atomic E-state index is 12.8. The van der Waals surface area contributed by atoms with Crippen LogP contribution in [-0.4, -0.2) is 33.0 Å². The zero-order valence-electron chi connectivity index (χ0n) is 13.7. The summed E-state index contributed by atoms with van der Waals surface area (Å²) in [5, 5.41) is 15.0. The maximum absolute atomic E-state index is 12.8. The number of rotatable bonds is 3. The second-order valence-electron chi connectivity index (χ2n) is 5.28. The van der Waals surface area contributed by atoms with E-state index in [1.165, 1.54) is 6.20 Å². The van der Waals surface area contributed by atoms with Gasteiger partial charge >= 0.3 is 18.0 Å². The molecule has 0 aliphatic carbocycles. The van der Waals surface area contributed by atoms with Gasteiger partial charge in [-0.05, 0) is 6.07 Å². The molecule has 3 rings (SSSR count).